The molecule has 2 N–H and O–H groups in total. The molecular formula is C36H56N3O6P. The van der Waals surface area contributed by atoms with Crippen molar-refractivity contribution in [2.75, 3.05) is 37.6 Å². The summed E-state index contributed by atoms with van der Waals surface area (Å²) in [6, 6.07) is 16.1. The molecule has 0 spiro atoms. The Labute approximate surface area is 275 Å². The molecule has 0 saturated carbocycles. The number of unbranched alkanes of at least 4 members (excludes halogenated alkanes) is 13. The number of rotatable bonds is 26. The van der Waals surface area contributed by atoms with E-state index in [1.165, 1.54) is 88.0 Å². The number of nitrogens with zero attached hydrogens (tertiary/aromatic N) is 3. The fraction of sp³-hybridized carbons (Fsp3) is 0.611. The average molecular weight is 658 g/mol. The number of hydrogen-bond donors (Lipinski definition) is 2. The van der Waals surface area contributed by atoms with Gasteiger partial charge in [-0.3, -0.25) is 9.13 Å². The molecule has 0 fully saturated rings. The molecule has 0 aliphatic rings. The molecule has 2 aromatic carbocycles. The third kappa shape index (κ3) is 14.9. The van der Waals surface area contributed by atoms with E-state index in [4.69, 9.17) is 19.3 Å². The highest BCUT2D eigenvalue weighted by Crippen LogP contribution is 2.34. The van der Waals surface area contributed by atoms with Crippen molar-refractivity contribution in [3.8, 4) is 0 Å². The maximum atomic E-state index is 12.9. The zero-order chi connectivity index (χ0) is 32.9. The molecule has 1 heterocycles. The van der Waals surface area contributed by atoms with E-state index in [1.54, 1.807) is 12.3 Å². The second-order valence-corrected chi connectivity index (χ2v) is 13.8. The van der Waals surface area contributed by atoms with E-state index in [0.717, 1.165) is 35.9 Å². The van der Waals surface area contributed by atoms with Gasteiger partial charge in [-0.2, -0.15) is 4.98 Å². The number of ether oxygens (including phenoxy) is 2. The van der Waals surface area contributed by atoms with Crippen LogP contribution in [-0.4, -0.2) is 52.1 Å². The Morgan fingerprint density at radius 3 is 2.00 bits per heavy atom. The third-order valence-corrected chi connectivity index (χ3v) is 8.76. The van der Waals surface area contributed by atoms with Gasteiger partial charge in [-0.05, 0) is 30.4 Å². The van der Waals surface area contributed by atoms with E-state index in [-0.39, 0.29) is 13.2 Å². The van der Waals surface area contributed by atoms with Gasteiger partial charge in [-0.25, -0.2) is 4.79 Å². The van der Waals surface area contributed by atoms with Gasteiger partial charge in [0.1, 0.15) is 12.2 Å². The molecule has 0 radical (unpaired) electrons. The van der Waals surface area contributed by atoms with Crippen molar-refractivity contribution in [3.05, 3.63) is 65.2 Å². The molecule has 0 saturated heterocycles. The molecule has 0 amide bonds. The second-order valence-electron chi connectivity index (χ2n) is 12.2. The molecule has 0 unspecified atom stereocenters. The number of benzene rings is 2. The van der Waals surface area contributed by atoms with E-state index < -0.39 is 19.6 Å². The molecule has 3 rings (SSSR count). The van der Waals surface area contributed by atoms with E-state index in [9.17, 15) is 9.36 Å². The molecule has 0 atom stereocenters. The number of fused-ring (bicyclic) bond motifs is 1. The molecular weight excluding hydrogens is 601 g/mol. The standard InChI is InChI=1S/C36H56N3O6P/c1-2-3-4-5-6-7-8-9-10-11-12-13-14-17-28-44-29-19-25-39(34-23-18-21-32-20-15-16-22-33(32)34)35-24-26-38(36(40)37-35)27-30-45-31-46(41,42)43/h15-16,18,20-24,26H,2-14,17,19,25,27-31H2,1H3,(H2,41,42,43). The molecule has 1 aromatic heterocycles. The van der Waals surface area contributed by atoms with Crippen molar-refractivity contribution in [1.29, 1.82) is 0 Å². The first-order chi connectivity index (χ1) is 22.4. The third-order valence-electron chi connectivity index (χ3n) is 8.24. The van der Waals surface area contributed by atoms with Crippen LogP contribution in [0.3, 0.4) is 0 Å². The normalized spacial score (nSPS) is 11.8. The summed E-state index contributed by atoms with van der Waals surface area (Å²) >= 11 is 0. The summed E-state index contributed by atoms with van der Waals surface area (Å²) in [5.41, 5.74) is 0.524. The molecule has 9 nitrogen and oxygen atoms in total. The summed E-state index contributed by atoms with van der Waals surface area (Å²) in [6.45, 7) is 4.45. The van der Waals surface area contributed by atoms with Gasteiger partial charge in [0.2, 0.25) is 0 Å². The summed E-state index contributed by atoms with van der Waals surface area (Å²) < 4.78 is 23.4. The fourth-order valence-electron chi connectivity index (χ4n) is 5.71. The fourth-order valence-corrected chi connectivity index (χ4v) is 6.08. The minimum absolute atomic E-state index is 0.00424. The lowest BCUT2D eigenvalue weighted by molar-refractivity contribution is 0.129. The Morgan fingerprint density at radius 1 is 0.739 bits per heavy atom. The first kappa shape index (κ1) is 37.9. The lowest BCUT2D eigenvalue weighted by atomic mass is 10.0. The summed E-state index contributed by atoms with van der Waals surface area (Å²) in [4.78, 5) is 37.2. The quantitative estimate of drug-likeness (QED) is 0.0652. The summed E-state index contributed by atoms with van der Waals surface area (Å²) in [5.74, 6) is 0.542. The van der Waals surface area contributed by atoms with Gasteiger partial charge in [-0.1, -0.05) is 127 Å². The lowest BCUT2D eigenvalue weighted by Gasteiger charge is -2.25. The van der Waals surface area contributed by atoms with Crippen LogP contribution in [0.15, 0.2) is 59.5 Å². The first-order valence-electron chi connectivity index (χ1n) is 17.4. The van der Waals surface area contributed by atoms with E-state index in [1.807, 2.05) is 24.3 Å². The zero-order valence-electron chi connectivity index (χ0n) is 27.9. The molecule has 0 aliphatic heterocycles. The topological polar surface area (TPSA) is 114 Å². The molecule has 0 bridgehead atoms. The SMILES string of the molecule is CCCCCCCCCCCCCCCCOCCCN(c1ccn(CCOCP(=O)(O)O)c(=O)n1)c1cccc2ccccc12. The summed E-state index contributed by atoms with van der Waals surface area (Å²) in [6.07, 6.45) is 20.5. The lowest BCUT2D eigenvalue weighted by Crippen LogP contribution is -2.29. The van der Waals surface area contributed by atoms with Crippen LogP contribution < -0.4 is 10.6 Å². The highest BCUT2D eigenvalue weighted by Gasteiger charge is 2.16. The Balaban J connectivity index is 1.40. The van der Waals surface area contributed by atoms with Crippen LogP contribution in [0.1, 0.15) is 103 Å². The molecule has 256 valence electrons. The van der Waals surface area contributed by atoms with Crippen molar-refractivity contribution in [2.24, 2.45) is 0 Å². The van der Waals surface area contributed by atoms with E-state index >= 15 is 0 Å². The molecule has 10 heteroatoms. The Hall–Kier alpha value is -2.55. The minimum atomic E-state index is -4.25. The Kier molecular flexibility index (Phi) is 18.2. The van der Waals surface area contributed by atoms with Crippen LogP contribution >= 0.6 is 7.60 Å². The second kappa shape index (κ2) is 22.1. The van der Waals surface area contributed by atoms with E-state index in [0.29, 0.717) is 19.0 Å². The van der Waals surface area contributed by atoms with Crippen molar-refractivity contribution in [1.82, 2.24) is 9.55 Å². The van der Waals surface area contributed by atoms with Crippen LogP contribution in [0, 0.1) is 0 Å². The summed E-state index contributed by atoms with van der Waals surface area (Å²) in [7, 11) is -4.25. The molecule has 0 aliphatic carbocycles. The monoisotopic (exact) mass is 657 g/mol. The number of aromatic nitrogens is 2. The highest BCUT2D eigenvalue weighted by atomic mass is 31.2. The van der Waals surface area contributed by atoms with Gasteiger partial charge in [0.05, 0.1) is 18.8 Å². The van der Waals surface area contributed by atoms with Gasteiger partial charge in [0.15, 0.2) is 0 Å². The van der Waals surface area contributed by atoms with Crippen LogP contribution in [-0.2, 0) is 20.6 Å². The highest BCUT2D eigenvalue weighted by molar-refractivity contribution is 7.51. The van der Waals surface area contributed by atoms with Crippen molar-refractivity contribution >= 4 is 29.9 Å². The largest absolute Gasteiger partial charge is 0.381 e. The summed E-state index contributed by atoms with van der Waals surface area (Å²) in [5, 5.41) is 2.18. The van der Waals surface area contributed by atoms with Crippen LogP contribution in [0.25, 0.3) is 10.8 Å². The van der Waals surface area contributed by atoms with Gasteiger partial charge < -0.3 is 24.2 Å². The molecule has 3 aromatic rings. The molecule has 46 heavy (non-hydrogen) atoms. The van der Waals surface area contributed by atoms with Crippen molar-refractivity contribution in [3.63, 3.8) is 0 Å². The van der Waals surface area contributed by atoms with Crippen molar-refractivity contribution < 1.29 is 23.8 Å². The maximum absolute atomic E-state index is 12.9. The number of hydrogen-bond acceptors (Lipinski definition) is 6. The predicted octanol–water partition coefficient (Wildman–Crippen LogP) is 8.57. The van der Waals surface area contributed by atoms with Crippen LogP contribution in [0.5, 0.6) is 0 Å². The Morgan fingerprint density at radius 2 is 1.35 bits per heavy atom. The zero-order valence-corrected chi connectivity index (χ0v) is 28.8. The van der Waals surface area contributed by atoms with E-state index in [2.05, 4.69) is 35.0 Å². The number of anilines is 2. The average Bonchev–Trinajstić information content (AvgIpc) is 3.04. The smallest absolute Gasteiger partial charge is 0.350 e. The van der Waals surface area contributed by atoms with Gasteiger partial charge in [0, 0.05) is 31.3 Å². The van der Waals surface area contributed by atoms with Crippen LogP contribution in [0.2, 0.25) is 0 Å². The minimum Gasteiger partial charge on any atom is -0.381 e. The van der Waals surface area contributed by atoms with Gasteiger partial charge in [-0.15, -0.1) is 0 Å². The Bertz CT molecular complexity index is 1360. The van der Waals surface area contributed by atoms with Gasteiger partial charge >= 0.3 is 13.3 Å². The first-order valence-corrected chi connectivity index (χ1v) is 19.2. The van der Waals surface area contributed by atoms with Crippen LogP contribution in [0.4, 0.5) is 11.5 Å². The van der Waals surface area contributed by atoms with Gasteiger partial charge in [0.25, 0.3) is 0 Å². The van der Waals surface area contributed by atoms with Crippen molar-refractivity contribution in [2.45, 2.75) is 110 Å². The predicted molar refractivity (Wildman–Crippen MR) is 188 cm³/mol. The maximum Gasteiger partial charge on any atom is 0.350 e.